The summed E-state index contributed by atoms with van der Waals surface area (Å²) in [6.45, 7) is 2.95. The number of rotatable bonds is 6. The van der Waals surface area contributed by atoms with Crippen molar-refractivity contribution in [3.05, 3.63) is 64.2 Å². The first-order valence-corrected chi connectivity index (χ1v) is 11.5. The Hall–Kier alpha value is -2.51. The first kappa shape index (κ1) is 23.6. The molecule has 0 radical (unpaired) electrons. The summed E-state index contributed by atoms with van der Waals surface area (Å²) in [5.74, 6) is -0.541. The fraction of sp³-hybridized carbons (Fsp3) is 0.400. The van der Waals surface area contributed by atoms with Crippen LogP contribution in [0.1, 0.15) is 36.0 Å². The standard InChI is InChI=1S/C25H26ClF3N2O2/c26-21-7-3-2-6-18(21)8-9-24(32)31-13-10-19-16-20(25(27,28)29)23(17-22(19)31)33-15-14-30-11-4-1-5-12-30/h2-3,6-9,16-17H,1,4-5,10-15H2. The van der Waals surface area contributed by atoms with Gasteiger partial charge in [-0.15, -0.1) is 0 Å². The van der Waals surface area contributed by atoms with Gasteiger partial charge >= 0.3 is 6.18 Å². The summed E-state index contributed by atoms with van der Waals surface area (Å²) in [7, 11) is 0. The fourth-order valence-electron chi connectivity index (χ4n) is 4.32. The van der Waals surface area contributed by atoms with Crippen LogP contribution in [0.25, 0.3) is 6.08 Å². The molecular formula is C25H26ClF3N2O2. The van der Waals surface area contributed by atoms with E-state index in [1.165, 1.54) is 23.5 Å². The molecule has 2 aliphatic rings. The lowest BCUT2D eigenvalue weighted by molar-refractivity contribution is -0.139. The number of nitrogens with zero attached hydrogens (tertiary/aromatic N) is 2. The molecule has 1 fully saturated rings. The lowest BCUT2D eigenvalue weighted by Gasteiger charge is -2.26. The van der Waals surface area contributed by atoms with Crippen LogP contribution in [0.2, 0.25) is 5.02 Å². The number of carbonyl (C=O) groups is 1. The predicted molar refractivity (Wildman–Crippen MR) is 124 cm³/mol. The van der Waals surface area contributed by atoms with Crippen LogP contribution >= 0.6 is 11.6 Å². The molecule has 1 amide bonds. The molecule has 0 unspecified atom stereocenters. The van der Waals surface area contributed by atoms with Crippen LogP contribution in [0, 0.1) is 0 Å². The molecular weight excluding hydrogens is 453 g/mol. The monoisotopic (exact) mass is 478 g/mol. The molecule has 0 N–H and O–H groups in total. The number of amides is 1. The van der Waals surface area contributed by atoms with Gasteiger partial charge in [-0.1, -0.05) is 36.2 Å². The number of halogens is 4. The van der Waals surface area contributed by atoms with E-state index in [1.54, 1.807) is 24.3 Å². The first-order chi connectivity index (χ1) is 15.8. The van der Waals surface area contributed by atoms with Crippen LogP contribution in [0.15, 0.2) is 42.5 Å². The van der Waals surface area contributed by atoms with E-state index in [9.17, 15) is 18.0 Å². The molecule has 2 aliphatic heterocycles. The maximum Gasteiger partial charge on any atom is 0.419 e. The molecule has 0 saturated carbocycles. The zero-order valence-corrected chi connectivity index (χ0v) is 19.0. The number of hydrogen-bond donors (Lipinski definition) is 0. The van der Waals surface area contributed by atoms with Gasteiger partial charge in [-0.2, -0.15) is 13.2 Å². The molecule has 4 rings (SSSR count). The Morgan fingerprint density at radius 2 is 1.85 bits per heavy atom. The summed E-state index contributed by atoms with van der Waals surface area (Å²) < 4.78 is 46.7. The minimum atomic E-state index is -4.53. The maximum atomic E-state index is 13.7. The topological polar surface area (TPSA) is 32.8 Å². The van der Waals surface area contributed by atoms with Gasteiger partial charge in [-0.05, 0) is 61.7 Å². The van der Waals surface area contributed by atoms with Crippen LogP contribution in [-0.4, -0.2) is 43.6 Å². The van der Waals surface area contributed by atoms with Gasteiger partial charge in [0.2, 0.25) is 0 Å². The van der Waals surface area contributed by atoms with Crippen molar-refractivity contribution in [2.24, 2.45) is 0 Å². The Balaban J connectivity index is 1.52. The van der Waals surface area contributed by atoms with Crippen LogP contribution < -0.4 is 9.64 Å². The van der Waals surface area contributed by atoms with E-state index in [4.69, 9.17) is 16.3 Å². The van der Waals surface area contributed by atoms with E-state index in [0.29, 0.717) is 41.3 Å². The van der Waals surface area contributed by atoms with E-state index in [1.807, 2.05) is 6.07 Å². The Labute approximate surface area is 196 Å². The van der Waals surface area contributed by atoms with Gasteiger partial charge in [0.05, 0.1) is 11.3 Å². The number of alkyl halides is 3. The molecule has 0 atom stereocenters. The summed E-state index contributed by atoms with van der Waals surface area (Å²) in [5.41, 5.74) is 0.858. The van der Waals surface area contributed by atoms with E-state index in [0.717, 1.165) is 32.0 Å². The average molecular weight is 479 g/mol. The van der Waals surface area contributed by atoms with Crippen molar-refractivity contribution in [3.63, 3.8) is 0 Å². The second-order valence-electron chi connectivity index (χ2n) is 8.32. The van der Waals surface area contributed by atoms with E-state index in [2.05, 4.69) is 4.90 Å². The fourth-order valence-corrected chi connectivity index (χ4v) is 4.52. The van der Waals surface area contributed by atoms with Crippen molar-refractivity contribution in [3.8, 4) is 5.75 Å². The minimum Gasteiger partial charge on any atom is -0.492 e. The normalized spacial score (nSPS) is 16.9. The van der Waals surface area contributed by atoms with Crippen LogP contribution in [0.3, 0.4) is 0 Å². The van der Waals surface area contributed by atoms with E-state index in [-0.39, 0.29) is 18.3 Å². The minimum absolute atomic E-state index is 0.169. The number of ether oxygens (including phenoxy) is 1. The van der Waals surface area contributed by atoms with Crippen molar-refractivity contribution in [1.29, 1.82) is 0 Å². The summed E-state index contributed by atoms with van der Waals surface area (Å²) in [6.07, 6.45) is 2.23. The second-order valence-corrected chi connectivity index (χ2v) is 8.73. The van der Waals surface area contributed by atoms with Gasteiger partial charge in [0, 0.05) is 30.3 Å². The van der Waals surface area contributed by atoms with Crippen molar-refractivity contribution in [2.45, 2.75) is 31.9 Å². The zero-order chi connectivity index (χ0) is 23.4. The summed E-state index contributed by atoms with van der Waals surface area (Å²) in [5, 5.41) is 0.516. The van der Waals surface area contributed by atoms with Gasteiger partial charge in [0.15, 0.2) is 0 Å². The summed E-state index contributed by atoms with van der Waals surface area (Å²) in [6, 6.07) is 9.60. The highest BCUT2D eigenvalue weighted by Crippen LogP contribution is 2.42. The molecule has 0 aromatic heterocycles. The zero-order valence-electron chi connectivity index (χ0n) is 18.2. The number of fused-ring (bicyclic) bond motifs is 1. The van der Waals surface area contributed by atoms with Gasteiger partial charge < -0.3 is 9.64 Å². The number of benzene rings is 2. The Bertz CT molecular complexity index is 1030. The molecule has 1 saturated heterocycles. The Kier molecular flexibility index (Phi) is 7.29. The van der Waals surface area contributed by atoms with Gasteiger partial charge in [-0.25, -0.2) is 0 Å². The van der Waals surface area contributed by atoms with Gasteiger partial charge in [0.1, 0.15) is 12.4 Å². The third kappa shape index (κ3) is 5.71. The highest BCUT2D eigenvalue weighted by atomic mass is 35.5. The molecule has 4 nitrogen and oxygen atoms in total. The number of carbonyl (C=O) groups excluding carboxylic acids is 1. The Morgan fingerprint density at radius 3 is 2.58 bits per heavy atom. The molecule has 2 aromatic rings. The molecule has 176 valence electrons. The van der Waals surface area contributed by atoms with Crippen molar-refractivity contribution in [1.82, 2.24) is 4.90 Å². The first-order valence-electron chi connectivity index (χ1n) is 11.2. The smallest absolute Gasteiger partial charge is 0.419 e. The molecule has 33 heavy (non-hydrogen) atoms. The lowest BCUT2D eigenvalue weighted by atomic mass is 10.1. The van der Waals surface area contributed by atoms with E-state index < -0.39 is 11.7 Å². The van der Waals surface area contributed by atoms with Crippen molar-refractivity contribution in [2.75, 3.05) is 37.7 Å². The Morgan fingerprint density at radius 1 is 1.09 bits per heavy atom. The largest absolute Gasteiger partial charge is 0.492 e. The molecule has 2 heterocycles. The number of hydrogen-bond acceptors (Lipinski definition) is 3. The van der Waals surface area contributed by atoms with Crippen LogP contribution in [0.5, 0.6) is 5.75 Å². The quantitative estimate of drug-likeness (QED) is 0.490. The number of anilines is 1. The number of likely N-dealkylation sites (tertiary alicyclic amines) is 1. The highest BCUT2D eigenvalue weighted by molar-refractivity contribution is 6.32. The second kappa shape index (κ2) is 10.2. The van der Waals surface area contributed by atoms with Crippen molar-refractivity contribution >= 4 is 29.3 Å². The van der Waals surface area contributed by atoms with Gasteiger partial charge in [-0.3, -0.25) is 9.69 Å². The molecule has 2 aromatic carbocycles. The van der Waals surface area contributed by atoms with Crippen LogP contribution in [-0.2, 0) is 17.4 Å². The number of piperidine rings is 1. The summed E-state index contributed by atoms with van der Waals surface area (Å²) in [4.78, 5) is 16.5. The third-order valence-corrected chi connectivity index (χ3v) is 6.42. The maximum absolute atomic E-state index is 13.7. The molecule has 0 aliphatic carbocycles. The lowest BCUT2D eigenvalue weighted by Crippen LogP contribution is -2.33. The molecule has 8 heteroatoms. The predicted octanol–water partition coefficient (Wildman–Crippen LogP) is 5.83. The summed E-state index contributed by atoms with van der Waals surface area (Å²) >= 11 is 6.13. The molecule has 0 spiro atoms. The molecule has 0 bridgehead atoms. The average Bonchev–Trinajstić information content (AvgIpc) is 3.21. The highest BCUT2D eigenvalue weighted by Gasteiger charge is 2.37. The van der Waals surface area contributed by atoms with Gasteiger partial charge in [0.25, 0.3) is 5.91 Å². The van der Waals surface area contributed by atoms with Crippen LogP contribution in [0.4, 0.5) is 18.9 Å². The SMILES string of the molecule is O=C(C=Cc1ccccc1Cl)N1CCc2cc(C(F)(F)F)c(OCCN3CCCCC3)cc21. The third-order valence-electron chi connectivity index (χ3n) is 6.07. The van der Waals surface area contributed by atoms with E-state index >= 15 is 0 Å². The van der Waals surface area contributed by atoms with Crippen molar-refractivity contribution < 1.29 is 22.7 Å².